The van der Waals surface area contributed by atoms with Crippen molar-refractivity contribution >= 4 is 22.7 Å². The molecule has 1 aliphatic rings. The average Bonchev–Trinajstić information content (AvgIpc) is 3.22. The van der Waals surface area contributed by atoms with Gasteiger partial charge in [0.1, 0.15) is 18.2 Å². The summed E-state index contributed by atoms with van der Waals surface area (Å²) in [5.74, 6) is 0.0431. The van der Waals surface area contributed by atoms with E-state index in [9.17, 15) is 14.0 Å². The zero-order valence-electron chi connectivity index (χ0n) is 17.0. The highest BCUT2D eigenvalue weighted by atomic mass is 19.1. The molecule has 2 heterocycles. The minimum absolute atomic E-state index is 0.0965. The third-order valence-electron chi connectivity index (χ3n) is 5.21. The van der Waals surface area contributed by atoms with E-state index in [2.05, 4.69) is 15.5 Å². The summed E-state index contributed by atoms with van der Waals surface area (Å²) in [7, 11) is 0. The fourth-order valence-electron chi connectivity index (χ4n) is 3.53. The molecule has 4 rings (SSSR count). The van der Waals surface area contributed by atoms with E-state index in [1.54, 1.807) is 17.0 Å². The van der Waals surface area contributed by atoms with E-state index < -0.39 is 0 Å². The van der Waals surface area contributed by atoms with Crippen molar-refractivity contribution in [1.29, 1.82) is 0 Å². The van der Waals surface area contributed by atoms with E-state index >= 15 is 0 Å². The second kappa shape index (κ2) is 9.57. The first-order valence-electron chi connectivity index (χ1n) is 10.2. The number of carbonyl (C=O) groups is 2. The molecule has 9 heteroatoms. The van der Waals surface area contributed by atoms with Crippen LogP contribution in [0.5, 0.6) is 5.75 Å². The molecule has 2 N–H and O–H groups in total. The Morgan fingerprint density at radius 2 is 1.81 bits per heavy atom. The van der Waals surface area contributed by atoms with Crippen LogP contribution in [0.4, 0.5) is 4.39 Å². The summed E-state index contributed by atoms with van der Waals surface area (Å²) >= 11 is 0. The van der Waals surface area contributed by atoms with Crippen LogP contribution in [0, 0.1) is 5.82 Å². The van der Waals surface area contributed by atoms with Crippen molar-refractivity contribution in [2.24, 2.45) is 0 Å². The van der Waals surface area contributed by atoms with Crippen molar-refractivity contribution in [3.8, 4) is 5.75 Å². The molecule has 0 radical (unpaired) electrons. The minimum atomic E-state index is -0.319. The van der Waals surface area contributed by atoms with Gasteiger partial charge in [-0.05, 0) is 30.3 Å². The number of nitrogens with zero attached hydrogens (tertiary/aromatic N) is 3. The molecule has 0 atom stereocenters. The van der Waals surface area contributed by atoms with E-state index in [4.69, 9.17) is 4.74 Å². The van der Waals surface area contributed by atoms with Crippen LogP contribution in [0.15, 0.2) is 48.5 Å². The summed E-state index contributed by atoms with van der Waals surface area (Å²) in [6, 6.07) is 13.3. The maximum atomic E-state index is 12.9. The number of carbonyl (C=O) groups excluding carboxylic acids is 2. The van der Waals surface area contributed by atoms with Crippen molar-refractivity contribution in [1.82, 2.24) is 25.3 Å². The highest BCUT2D eigenvalue weighted by Crippen LogP contribution is 2.17. The number of nitrogens with one attached hydrogen (secondary N) is 2. The monoisotopic (exact) mass is 425 g/mol. The zero-order chi connectivity index (χ0) is 21.6. The van der Waals surface area contributed by atoms with Gasteiger partial charge in [0.15, 0.2) is 5.69 Å². The average molecular weight is 425 g/mol. The summed E-state index contributed by atoms with van der Waals surface area (Å²) in [5, 5.41) is 10.7. The van der Waals surface area contributed by atoms with Gasteiger partial charge in [-0.2, -0.15) is 5.10 Å². The summed E-state index contributed by atoms with van der Waals surface area (Å²) in [4.78, 5) is 28.8. The SMILES string of the molecule is O=C(CN1CCN(C(=O)c2n[nH]c3ccccc23)CC1)NCCOc1ccc(F)cc1. The molecule has 1 saturated heterocycles. The van der Waals surface area contributed by atoms with E-state index in [-0.39, 0.29) is 24.2 Å². The third kappa shape index (κ3) is 5.18. The van der Waals surface area contributed by atoms with E-state index in [1.807, 2.05) is 29.2 Å². The molecule has 0 saturated carbocycles. The van der Waals surface area contributed by atoms with Crippen molar-refractivity contribution in [3.05, 3.63) is 60.0 Å². The van der Waals surface area contributed by atoms with Gasteiger partial charge < -0.3 is 15.0 Å². The molecule has 162 valence electrons. The number of aromatic nitrogens is 2. The summed E-state index contributed by atoms with van der Waals surface area (Å²) in [5.41, 5.74) is 1.27. The van der Waals surface area contributed by atoms with Gasteiger partial charge in [-0.15, -0.1) is 0 Å². The van der Waals surface area contributed by atoms with E-state index in [0.29, 0.717) is 50.8 Å². The Hall–Kier alpha value is -3.46. The normalized spacial score (nSPS) is 14.5. The van der Waals surface area contributed by atoms with Gasteiger partial charge in [0.2, 0.25) is 5.91 Å². The van der Waals surface area contributed by atoms with Crippen molar-refractivity contribution in [2.75, 3.05) is 45.9 Å². The molecule has 31 heavy (non-hydrogen) atoms. The largest absolute Gasteiger partial charge is 0.492 e. The highest BCUT2D eigenvalue weighted by Gasteiger charge is 2.25. The molecule has 2 aromatic carbocycles. The van der Waals surface area contributed by atoms with Crippen LogP contribution in [0.1, 0.15) is 10.5 Å². The molecule has 1 fully saturated rings. The van der Waals surface area contributed by atoms with Crippen LogP contribution in [-0.4, -0.2) is 77.7 Å². The zero-order valence-corrected chi connectivity index (χ0v) is 17.0. The number of halogens is 1. The Labute approximate surface area is 179 Å². The summed E-state index contributed by atoms with van der Waals surface area (Å²) in [6.07, 6.45) is 0. The number of para-hydroxylation sites is 1. The Bertz CT molecular complexity index is 1040. The van der Waals surface area contributed by atoms with Crippen LogP contribution >= 0.6 is 0 Å². The molecular formula is C22H24FN5O3. The molecule has 2 amide bonds. The Kier molecular flexibility index (Phi) is 6.42. The first kappa shape index (κ1) is 20.8. The van der Waals surface area contributed by atoms with Gasteiger partial charge in [-0.3, -0.25) is 19.6 Å². The fourth-order valence-corrected chi connectivity index (χ4v) is 3.53. The number of piperazine rings is 1. The number of hydrogen-bond donors (Lipinski definition) is 2. The number of aromatic amines is 1. The van der Waals surface area contributed by atoms with Gasteiger partial charge in [-0.1, -0.05) is 18.2 Å². The number of benzene rings is 2. The Balaban J connectivity index is 1.18. The predicted octanol–water partition coefficient (Wildman–Crippen LogP) is 1.65. The van der Waals surface area contributed by atoms with Crippen LogP contribution < -0.4 is 10.1 Å². The highest BCUT2D eigenvalue weighted by molar-refractivity contribution is 6.04. The summed E-state index contributed by atoms with van der Waals surface area (Å²) in [6.45, 7) is 3.26. The minimum Gasteiger partial charge on any atom is -0.492 e. The Morgan fingerprint density at radius 3 is 2.58 bits per heavy atom. The Morgan fingerprint density at radius 1 is 1.06 bits per heavy atom. The molecule has 0 bridgehead atoms. The molecule has 0 aliphatic carbocycles. The number of fused-ring (bicyclic) bond motifs is 1. The molecule has 0 unspecified atom stereocenters. The van der Waals surface area contributed by atoms with Crippen LogP contribution in [0.2, 0.25) is 0 Å². The van der Waals surface area contributed by atoms with Crippen molar-refractivity contribution in [2.45, 2.75) is 0 Å². The quantitative estimate of drug-likeness (QED) is 0.562. The second-order valence-electron chi connectivity index (χ2n) is 7.34. The van der Waals surface area contributed by atoms with Gasteiger partial charge in [-0.25, -0.2) is 4.39 Å². The number of hydrogen-bond acceptors (Lipinski definition) is 5. The lowest BCUT2D eigenvalue weighted by atomic mass is 10.2. The van der Waals surface area contributed by atoms with Crippen LogP contribution in [0.25, 0.3) is 10.9 Å². The van der Waals surface area contributed by atoms with Crippen molar-refractivity contribution < 1.29 is 18.7 Å². The number of ether oxygens (including phenoxy) is 1. The van der Waals surface area contributed by atoms with E-state index in [1.165, 1.54) is 12.1 Å². The molecule has 1 aromatic heterocycles. The molecule has 3 aromatic rings. The second-order valence-corrected chi connectivity index (χ2v) is 7.34. The first-order valence-corrected chi connectivity index (χ1v) is 10.2. The standard InChI is InChI=1S/C22H24FN5O3/c23-16-5-7-17(8-6-16)31-14-9-24-20(29)15-27-10-12-28(13-11-27)22(30)21-18-3-1-2-4-19(18)25-26-21/h1-8H,9-15H2,(H,24,29)(H,25,26). The third-order valence-corrected chi connectivity index (χ3v) is 5.21. The number of amides is 2. The number of H-pyrrole nitrogens is 1. The van der Waals surface area contributed by atoms with Crippen LogP contribution in [0.3, 0.4) is 0 Å². The smallest absolute Gasteiger partial charge is 0.275 e. The lowest BCUT2D eigenvalue weighted by molar-refractivity contribution is -0.122. The van der Waals surface area contributed by atoms with Gasteiger partial charge in [0.05, 0.1) is 18.6 Å². The maximum Gasteiger partial charge on any atom is 0.275 e. The first-order chi connectivity index (χ1) is 15.1. The predicted molar refractivity (Wildman–Crippen MR) is 113 cm³/mol. The fraction of sp³-hybridized carbons (Fsp3) is 0.318. The number of rotatable bonds is 7. The maximum absolute atomic E-state index is 12.9. The lowest BCUT2D eigenvalue weighted by Crippen LogP contribution is -2.51. The lowest BCUT2D eigenvalue weighted by Gasteiger charge is -2.34. The van der Waals surface area contributed by atoms with Gasteiger partial charge >= 0.3 is 0 Å². The van der Waals surface area contributed by atoms with Crippen LogP contribution in [-0.2, 0) is 4.79 Å². The molecular weight excluding hydrogens is 401 g/mol. The molecule has 8 nitrogen and oxygen atoms in total. The van der Waals surface area contributed by atoms with Gasteiger partial charge in [0, 0.05) is 31.6 Å². The molecule has 1 aliphatic heterocycles. The van der Waals surface area contributed by atoms with Crippen molar-refractivity contribution in [3.63, 3.8) is 0 Å². The molecule has 0 spiro atoms. The van der Waals surface area contributed by atoms with E-state index in [0.717, 1.165) is 10.9 Å². The topological polar surface area (TPSA) is 90.6 Å². The summed E-state index contributed by atoms with van der Waals surface area (Å²) < 4.78 is 18.3. The van der Waals surface area contributed by atoms with Gasteiger partial charge in [0.25, 0.3) is 5.91 Å².